The number of hydrogen-bond donors (Lipinski definition) is 1. The molecule has 2 rings (SSSR count). The standard InChI is InChI=1S/C12H11F2N3OS/c1-6-10(11(15)19)12(17(2)16-6)18-9-5-7(13)3-4-8(9)14/h3-5H,1-2H3,(H2,15,19). The average molecular weight is 283 g/mol. The fourth-order valence-corrected chi connectivity index (χ4v) is 1.93. The minimum atomic E-state index is -0.686. The second kappa shape index (κ2) is 4.93. The molecule has 0 bridgehead atoms. The van der Waals surface area contributed by atoms with Gasteiger partial charge in [0.25, 0.3) is 0 Å². The second-order valence-corrected chi connectivity index (χ2v) is 4.37. The molecule has 0 aliphatic carbocycles. The van der Waals surface area contributed by atoms with E-state index in [4.69, 9.17) is 22.7 Å². The zero-order valence-electron chi connectivity index (χ0n) is 10.3. The smallest absolute Gasteiger partial charge is 0.228 e. The van der Waals surface area contributed by atoms with Crippen LogP contribution in [0, 0.1) is 18.6 Å². The summed E-state index contributed by atoms with van der Waals surface area (Å²) in [5, 5.41) is 4.09. The van der Waals surface area contributed by atoms with E-state index in [1.807, 2.05) is 0 Å². The maximum atomic E-state index is 13.5. The molecule has 19 heavy (non-hydrogen) atoms. The molecule has 0 aliphatic rings. The number of thiocarbonyl (C=S) groups is 1. The molecule has 0 atom stereocenters. The van der Waals surface area contributed by atoms with Crippen LogP contribution in [-0.4, -0.2) is 14.8 Å². The highest BCUT2D eigenvalue weighted by Gasteiger charge is 2.19. The quantitative estimate of drug-likeness (QED) is 0.879. The molecule has 4 nitrogen and oxygen atoms in total. The van der Waals surface area contributed by atoms with Crippen molar-refractivity contribution in [1.29, 1.82) is 0 Å². The molecule has 0 unspecified atom stereocenters. The molecule has 0 amide bonds. The Morgan fingerprint density at radius 3 is 2.74 bits per heavy atom. The van der Waals surface area contributed by atoms with E-state index >= 15 is 0 Å². The summed E-state index contributed by atoms with van der Waals surface area (Å²) < 4.78 is 33.4. The van der Waals surface area contributed by atoms with Crippen molar-refractivity contribution < 1.29 is 13.5 Å². The molecule has 2 N–H and O–H groups in total. The van der Waals surface area contributed by atoms with Gasteiger partial charge in [-0.05, 0) is 19.1 Å². The van der Waals surface area contributed by atoms with Gasteiger partial charge in [0.15, 0.2) is 11.6 Å². The van der Waals surface area contributed by atoms with Crippen molar-refractivity contribution in [2.24, 2.45) is 12.8 Å². The van der Waals surface area contributed by atoms with Gasteiger partial charge in [-0.3, -0.25) is 0 Å². The lowest BCUT2D eigenvalue weighted by Gasteiger charge is -2.09. The summed E-state index contributed by atoms with van der Waals surface area (Å²) in [6, 6.07) is 2.93. The van der Waals surface area contributed by atoms with E-state index in [0.29, 0.717) is 11.3 Å². The lowest BCUT2D eigenvalue weighted by atomic mass is 10.2. The molecule has 1 aromatic heterocycles. The molecule has 0 radical (unpaired) electrons. The number of nitrogens with two attached hydrogens (primary N) is 1. The third-order valence-electron chi connectivity index (χ3n) is 2.52. The summed E-state index contributed by atoms with van der Waals surface area (Å²) >= 11 is 4.90. The van der Waals surface area contributed by atoms with Crippen molar-refractivity contribution in [1.82, 2.24) is 9.78 Å². The number of aryl methyl sites for hydroxylation is 2. The van der Waals surface area contributed by atoms with Crippen LogP contribution in [0.4, 0.5) is 8.78 Å². The van der Waals surface area contributed by atoms with Gasteiger partial charge in [-0.2, -0.15) is 5.10 Å². The lowest BCUT2D eigenvalue weighted by molar-refractivity contribution is 0.399. The molecular formula is C12H11F2N3OS. The Hall–Kier alpha value is -2.02. The van der Waals surface area contributed by atoms with Crippen molar-refractivity contribution >= 4 is 17.2 Å². The van der Waals surface area contributed by atoms with Crippen LogP contribution in [-0.2, 0) is 7.05 Å². The predicted octanol–water partition coefficient (Wildman–Crippen LogP) is 2.43. The van der Waals surface area contributed by atoms with Crippen LogP contribution in [0.3, 0.4) is 0 Å². The first-order valence-electron chi connectivity index (χ1n) is 5.36. The van der Waals surface area contributed by atoms with Gasteiger partial charge in [0.05, 0.1) is 11.3 Å². The zero-order chi connectivity index (χ0) is 14.2. The van der Waals surface area contributed by atoms with E-state index < -0.39 is 11.6 Å². The van der Waals surface area contributed by atoms with Crippen molar-refractivity contribution in [3.63, 3.8) is 0 Å². The third-order valence-corrected chi connectivity index (χ3v) is 2.72. The van der Waals surface area contributed by atoms with Crippen LogP contribution in [0.5, 0.6) is 11.6 Å². The van der Waals surface area contributed by atoms with Crippen LogP contribution in [0.15, 0.2) is 18.2 Å². The van der Waals surface area contributed by atoms with Crippen LogP contribution in [0.1, 0.15) is 11.3 Å². The first-order chi connectivity index (χ1) is 8.90. The molecule has 1 aromatic carbocycles. The highest BCUT2D eigenvalue weighted by Crippen LogP contribution is 2.29. The summed E-state index contributed by atoms with van der Waals surface area (Å²) in [5.74, 6) is -1.36. The Labute approximate surface area is 113 Å². The Bertz CT molecular complexity index is 655. The number of rotatable bonds is 3. The van der Waals surface area contributed by atoms with Crippen molar-refractivity contribution in [3.8, 4) is 11.6 Å². The van der Waals surface area contributed by atoms with Crippen molar-refractivity contribution in [3.05, 3.63) is 41.1 Å². The van der Waals surface area contributed by atoms with Gasteiger partial charge in [0, 0.05) is 13.1 Å². The van der Waals surface area contributed by atoms with Gasteiger partial charge in [0.2, 0.25) is 5.88 Å². The van der Waals surface area contributed by atoms with Crippen molar-refractivity contribution in [2.45, 2.75) is 6.92 Å². The van der Waals surface area contributed by atoms with Gasteiger partial charge < -0.3 is 10.5 Å². The van der Waals surface area contributed by atoms with Crippen LogP contribution >= 0.6 is 12.2 Å². The van der Waals surface area contributed by atoms with E-state index in [9.17, 15) is 8.78 Å². The number of halogens is 2. The van der Waals surface area contributed by atoms with E-state index in [2.05, 4.69) is 5.10 Å². The fraction of sp³-hybridized carbons (Fsp3) is 0.167. The second-order valence-electron chi connectivity index (χ2n) is 3.93. The summed E-state index contributed by atoms with van der Waals surface area (Å²) in [5.41, 5.74) is 6.54. The van der Waals surface area contributed by atoms with Gasteiger partial charge in [0.1, 0.15) is 10.8 Å². The Kier molecular flexibility index (Phi) is 3.48. The highest BCUT2D eigenvalue weighted by atomic mass is 32.1. The molecule has 100 valence electrons. The Morgan fingerprint density at radius 2 is 2.11 bits per heavy atom. The number of nitrogens with zero attached hydrogens (tertiary/aromatic N) is 2. The monoisotopic (exact) mass is 283 g/mol. The topological polar surface area (TPSA) is 53.1 Å². The highest BCUT2D eigenvalue weighted by molar-refractivity contribution is 7.80. The first kappa shape index (κ1) is 13.4. The molecule has 0 saturated heterocycles. The molecule has 0 fully saturated rings. The van der Waals surface area contributed by atoms with Gasteiger partial charge in [-0.1, -0.05) is 12.2 Å². The maximum Gasteiger partial charge on any atom is 0.228 e. The first-order valence-corrected chi connectivity index (χ1v) is 5.77. The van der Waals surface area contributed by atoms with Crippen LogP contribution < -0.4 is 10.5 Å². The molecule has 0 aliphatic heterocycles. The van der Waals surface area contributed by atoms with Gasteiger partial charge in [-0.15, -0.1) is 0 Å². The summed E-state index contributed by atoms with van der Waals surface area (Å²) in [6.45, 7) is 1.70. The summed E-state index contributed by atoms with van der Waals surface area (Å²) in [6.07, 6.45) is 0. The molecule has 0 spiro atoms. The SMILES string of the molecule is Cc1nn(C)c(Oc2cc(F)ccc2F)c1C(N)=S. The normalized spacial score (nSPS) is 10.5. The maximum absolute atomic E-state index is 13.5. The van der Waals surface area contributed by atoms with E-state index in [-0.39, 0.29) is 16.6 Å². The molecule has 7 heteroatoms. The van der Waals surface area contributed by atoms with E-state index in [1.54, 1.807) is 14.0 Å². The minimum Gasteiger partial charge on any atom is -0.435 e. The van der Waals surface area contributed by atoms with Crippen LogP contribution in [0.25, 0.3) is 0 Å². The third kappa shape index (κ3) is 2.55. The van der Waals surface area contributed by atoms with E-state index in [0.717, 1.165) is 18.2 Å². The number of hydrogen-bond acceptors (Lipinski definition) is 3. The predicted molar refractivity (Wildman–Crippen MR) is 70.3 cm³/mol. The molecule has 0 saturated carbocycles. The number of ether oxygens (including phenoxy) is 1. The van der Waals surface area contributed by atoms with E-state index in [1.165, 1.54) is 4.68 Å². The molecular weight excluding hydrogens is 272 g/mol. The Morgan fingerprint density at radius 1 is 1.42 bits per heavy atom. The van der Waals surface area contributed by atoms with Gasteiger partial charge in [-0.25, -0.2) is 13.5 Å². The van der Waals surface area contributed by atoms with Crippen LogP contribution in [0.2, 0.25) is 0 Å². The fourth-order valence-electron chi connectivity index (χ4n) is 1.70. The molecule has 1 heterocycles. The minimum absolute atomic E-state index is 0.0809. The lowest BCUT2D eigenvalue weighted by Crippen LogP contribution is -2.11. The van der Waals surface area contributed by atoms with Crippen molar-refractivity contribution in [2.75, 3.05) is 0 Å². The average Bonchev–Trinajstić information content (AvgIpc) is 2.59. The number of benzene rings is 1. The summed E-state index contributed by atoms with van der Waals surface area (Å²) in [7, 11) is 1.60. The number of aromatic nitrogens is 2. The zero-order valence-corrected chi connectivity index (χ0v) is 11.1. The largest absolute Gasteiger partial charge is 0.435 e. The van der Waals surface area contributed by atoms with Gasteiger partial charge >= 0.3 is 0 Å². The molecule has 2 aromatic rings. The Balaban J connectivity index is 2.49. The summed E-state index contributed by atoms with van der Waals surface area (Å²) in [4.78, 5) is 0.0809.